The molecule has 1 N–H and O–H groups in total. The Morgan fingerprint density at radius 3 is 2.86 bits per heavy atom. The van der Waals surface area contributed by atoms with Crippen LogP contribution in [0.25, 0.3) is 5.69 Å². The fourth-order valence-corrected chi connectivity index (χ4v) is 1.25. The van der Waals surface area contributed by atoms with Crippen LogP contribution in [0.15, 0.2) is 30.5 Å². The van der Waals surface area contributed by atoms with E-state index in [1.165, 1.54) is 5.56 Å². The Labute approximate surface area is 82.6 Å². The second kappa shape index (κ2) is 3.49. The van der Waals surface area contributed by atoms with Gasteiger partial charge in [-0.25, -0.2) is 0 Å². The van der Waals surface area contributed by atoms with Crippen molar-refractivity contribution in [1.82, 2.24) is 15.0 Å². The molecule has 0 aliphatic rings. The van der Waals surface area contributed by atoms with Gasteiger partial charge in [-0.3, -0.25) is 0 Å². The zero-order chi connectivity index (χ0) is 9.97. The molecule has 1 aromatic carbocycles. The molecule has 4 heteroatoms. The monoisotopic (exact) mass is 188 g/mol. The molecule has 1 heterocycles. The molecule has 0 aliphatic carbocycles. The molecule has 1 aromatic heterocycles. The van der Waals surface area contributed by atoms with Crippen molar-refractivity contribution in [1.29, 1.82) is 0 Å². The fourth-order valence-electron chi connectivity index (χ4n) is 1.25. The lowest BCUT2D eigenvalue weighted by Gasteiger charge is -1.99. The highest BCUT2D eigenvalue weighted by molar-refractivity contribution is 5.36. The van der Waals surface area contributed by atoms with E-state index in [9.17, 15) is 0 Å². The molecule has 72 valence electrons. The summed E-state index contributed by atoms with van der Waals surface area (Å²) in [6, 6.07) is 8.06. The molecule has 0 unspecified atom stereocenters. The number of nitrogens with zero attached hydrogens (tertiary/aromatic N) is 3. The molecule has 0 spiro atoms. The predicted octanol–water partition coefficient (Wildman–Crippen LogP) is 1.62. The Balaban J connectivity index is 2.39. The third-order valence-electron chi connectivity index (χ3n) is 1.98. The predicted molar refractivity (Wildman–Crippen MR) is 55.6 cm³/mol. The average Bonchev–Trinajstić information content (AvgIpc) is 2.66. The van der Waals surface area contributed by atoms with Gasteiger partial charge in [-0.15, -0.1) is 9.90 Å². The summed E-state index contributed by atoms with van der Waals surface area (Å²) >= 11 is 0. The van der Waals surface area contributed by atoms with E-state index in [-0.39, 0.29) is 0 Å². The molecule has 4 nitrogen and oxygen atoms in total. The summed E-state index contributed by atoms with van der Waals surface area (Å²) in [6.45, 7) is 2.05. The molecule has 14 heavy (non-hydrogen) atoms. The van der Waals surface area contributed by atoms with Crippen molar-refractivity contribution >= 4 is 5.82 Å². The maximum absolute atomic E-state index is 4.23. The van der Waals surface area contributed by atoms with Gasteiger partial charge in [-0.1, -0.05) is 12.1 Å². The molecule has 0 fully saturated rings. The van der Waals surface area contributed by atoms with E-state index in [0.29, 0.717) is 0 Å². The van der Waals surface area contributed by atoms with Crippen molar-refractivity contribution in [2.24, 2.45) is 0 Å². The van der Waals surface area contributed by atoms with E-state index in [1.807, 2.05) is 38.2 Å². The van der Waals surface area contributed by atoms with Gasteiger partial charge in [0.15, 0.2) is 5.82 Å². The summed E-state index contributed by atoms with van der Waals surface area (Å²) in [6.07, 6.45) is 1.70. The number of hydrogen-bond donors (Lipinski definition) is 1. The van der Waals surface area contributed by atoms with Gasteiger partial charge < -0.3 is 5.32 Å². The molecule has 0 saturated carbocycles. The van der Waals surface area contributed by atoms with E-state index in [2.05, 4.69) is 15.5 Å². The number of anilines is 1. The highest BCUT2D eigenvalue weighted by Gasteiger charge is 2.00. The molecule has 0 radical (unpaired) electrons. The van der Waals surface area contributed by atoms with Crippen molar-refractivity contribution in [3.63, 3.8) is 0 Å². The zero-order valence-corrected chi connectivity index (χ0v) is 8.23. The minimum absolute atomic E-state index is 0.770. The first kappa shape index (κ1) is 8.74. The van der Waals surface area contributed by atoms with Crippen LogP contribution in [0.2, 0.25) is 0 Å². The van der Waals surface area contributed by atoms with E-state index in [1.54, 1.807) is 11.0 Å². The van der Waals surface area contributed by atoms with E-state index in [4.69, 9.17) is 0 Å². The molecular formula is C10H12N4. The molecule has 2 rings (SSSR count). The minimum Gasteiger partial charge on any atom is -0.370 e. The maximum Gasteiger partial charge on any atom is 0.168 e. The molecule has 2 aromatic rings. The van der Waals surface area contributed by atoms with Gasteiger partial charge >= 0.3 is 0 Å². The Morgan fingerprint density at radius 1 is 1.36 bits per heavy atom. The van der Waals surface area contributed by atoms with Crippen LogP contribution in [-0.2, 0) is 0 Å². The second-order valence-electron chi connectivity index (χ2n) is 3.11. The summed E-state index contributed by atoms with van der Waals surface area (Å²) in [7, 11) is 1.82. The van der Waals surface area contributed by atoms with E-state index in [0.717, 1.165) is 11.5 Å². The first-order valence-corrected chi connectivity index (χ1v) is 4.47. The number of hydrogen-bond acceptors (Lipinski definition) is 3. The molecular weight excluding hydrogens is 176 g/mol. The minimum atomic E-state index is 0.770. The molecule has 0 amide bonds. The highest BCUT2D eigenvalue weighted by Crippen LogP contribution is 2.08. The maximum atomic E-state index is 4.23. The summed E-state index contributed by atoms with van der Waals surface area (Å²) in [5.41, 5.74) is 2.18. The van der Waals surface area contributed by atoms with Crippen LogP contribution in [0, 0.1) is 6.92 Å². The Morgan fingerprint density at radius 2 is 2.21 bits per heavy atom. The van der Waals surface area contributed by atoms with Crippen LogP contribution in [0.4, 0.5) is 5.82 Å². The van der Waals surface area contributed by atoms with Gasteiger partial charge in [0.25, 0.3) is 0 Å². The first-order valence-electron chi connectivity index (χ1n) is 4.47. The van der Waals surface area contributed by atoms with Crippen LogP contribution < -0.4 is 5.32 Å². The smallest absolute Gasteiger partial charge is 0.168 e. The van der Waals surface area contributed by atoms with Crippen LogP contribution >= 0.6 is 0 Å². The van der Waals surface area contributed by atoms with Gasteiger partial charge in [0.1, 0.15) is 0 Å². The van der Waals surface area contributed by atoms with Crippen molar-refractivity contribution in [3.8, 4) is 5.69 Å². The number of aromatic nitrogens is 3. The highest BCUT2D eigenvalue weighted by atomic mass is 15.5. The standard InChI is InChI=1S/C10H12N4/c1-8-4-3-5-9(6-8)14-12-7-10(11-2)13-14/h3-7H,1-2H3,(H,11,13). The Kier molecular flexibility index (Phi) is 2.18. The van der Waals surface area contributed by atoms with Crippen LogP contribution in [0.3, 0.4) is 0 Å². The fraction of sp³-hybridized carbons (Fsp3) is 0.200. The zero-order valence-electron chi connectivity index (χ0n) is 8.23. The summed E-state index contributed by atoms with van der Waals surface area (Å²) in [4.78, 5) is 1.61. The van der Waals surface area contributed by atoms with Crippen molar-refractivity contribution in [2.75, 3.05) is 12.4 Å². The quantitative estimate of drug-likeness (QED) is 0.778. The first-order chi connectivity index (χ1) is 6.79. The third-order valence-corrected chi connectivity index (χ3v) is 1.98. The van der Waals surface area contributed by atoms with Crippen LogP contribution in [0.5, 0.6) is 0 Å². The molecule has 0 bridgehead atoms. The number of aryl methyl sites for hydroxylation is 1. The van der Waals surface area contributed by atoms with E-state index >= 15 is 0 Å². The van der Waals surface area contributed by atoms with Gasteiger partial charge in [0, 0.05) is 7.05 Å². The third kappa shape index (κ3) is 1.59. The summed E-state index contributed by atoms with van der Waals surface area (Å²) in [5, 5.41) is 11.3. The van der Waals surface area contributed by atoms with Gasteiger partial charge in [0.05, 0.1) is 11.9 Å². The van der Waals surface area contributed by atoms with Gasteiger partial charge in [-0.05, 0) is 24.6 Å². The number of benzene rings is 1. The van der Waals surface area contributed by atoms with Crippen LogP contribution in [0.1, 0.15) is 5.56 Å². The Hall–Kier alpha value is -1.84. The normalized spacial score (nSPS) is 10.1. The largest absolute Gasteiger partial charge is 0.370 e. The van der Waals surface area contributed by atoms with Crippen LogP contribution in [-0.4, -0.2) is 22.0 Å². The lowest BCUT2D eigenvalue weighted by atomic mass is 10.2. The lowest BCUT2D eigenvalue weighted by Crippen LogP contribution is -1.99. The van der Waals surface area contributed by atoms with E-state index < -0.39 is 0 Å². The Bertz CT molecular complexity index is 433. The SMILES string of the molecule is CNc1cnn(-c2cccc(C)c2)n1. The van der Waals surface area contributed by atoms with Crippen molar-refractivity contribution in [2.45, 2.75) is 6.92 Å². The van der Waals surface area contributed by atoms with Gasteiger partial charge in [-0.2, -0.15) is 5.10 Å². The van der Waals surface area contributed by atoms with Crippen molar-refractivity contribution in [3.05, 3.63) is 36.0 Å². The topological polar surface area (TPSA) is 42.7 Å². The van der Waals surface area contributed by atoms with Gasteiger partial charge in [0.2, 0.25) is 0 Å². The van der Waals surface area contributed by atoms with Crippen molar-refractivity contribution < 1.29 is 0 Å². The molecule has 0 atom stereocenters. The molecule has 0 aliphatic heterocycles. The second-order valence-corrected chi connectivity index (χ2v) is 3.11. The average molecular weight is 188 g/mol. The summed E-state index contributed by atoms with van der Waals surface area (Å²) in [5.74, 6) is 0.770. The lowest BCUT2D eigenvalue weighted by molar-refractivity contribution is 0.753. The number of nitrogens with one attached hydrogen (secondary N) is 1. The number of rotatable bonds is 2. The summed E-state index contributed by atoms with van der Waals surface area (Å²) < 4.78 is 0. The molecule has 0 saturated heterocycles.